The highest BCUT2D eigenvalue weighted by atomic mass is 16.2. The molecule has 0 bridgehead atoms. The second kappa shape index (κ2) is 11.1. The first-order chi connectivity index (χ1) is 20.7. The van der Waals surface area contributed by atoms with E-state index < -0.39 is 6.03 Å². The highest BCUT2D eigenvalue weighted by Gasteiger charge is 2.28. The number of aryl methyl sites for hydroxylation is 1. The van der Waals surface area contributed by atoms with Crippen LogP contribution in [-0.2, 0) is 11.8 Å². The number of nitrogens with zero attached hydrogens (tertiary/aromatic N) is 6. The number of aromatic nitrogens is 5. The monoisotopic (exact) mass is 567 g/mol. The maximum atomic E-state index is 13.3. The van der Waals surface area contributed by atoms with Gasteiger partial charge in [-0.3, -0.25) is 15.0 Å². The number of amides is 2. The van der Waals surface area contributed by atoms with Crippen LogP contribution in [0.15, 0.2) is 104 Å². The Morgan fingerprint density at radius 1 is 0.884 bits per heavy atom. The minimum atomic E-state index is -0.610. The Hall–Kier alpha value is -5.37. The highest BCUT2D eigenvalue weighted by Crippen LogP contribution is 2.39. The molecule has 0 atom stereocenters. The lowest BCUT2D eigenvalue weighted by molar-refractivity contribution is 0.256. The maximum absolute atomic E-state index is 13.3. The molecule has 0 saturated heterocycles. The van der Waals surface area contributed by atoms with Gasteiger partial charge in [-0.15, -0.1) is 0 Å². The zero-order chi connectivity index (χ0) is 30.1. The molecule has 2 aromatic carbocycles. The normalized spacial score (nSPS) is 11.5. The number of fused-ring (bicyclic) bond motifs is 1. The summed E-state index contributed by atoms with van der Waals surface area (Å²) in [6.07, 6.45) is 7.97. The van der Waals surface area contributed by atoms with Gasteiger partial charge in [0.25, 0.3) is 0 Å². The second-order valence-corrected chi connectivity index (χ2v) is 11.6. The summed E-state index contributed by atoms with van der Waals surface area (Å²) in [5.41, 5.74) is 13.1. The van der Waals surface area contributed by atoms with Crippen molar-refractivity contribution in [1.82, 2.24) is 24.7 Å². The number of pyridine rings is 3. The van der Waals surface area contributed by atoms with E-state index in [1.54, 1.807) is 23.3 Å². The van der Waals surface area contributed by atoms with E-state index in [9.17, 15) is 4.79 Å². The largest absolute Gasteiger partial charge is 0.351 e. The quantitative estimate of drug-likeness (QED) is 0.228. The molecule has 8 nitrogen and oxygen atoms in total. The molecule has 4 heterocycles. The lowest BCUT2D eigenvalue weighted by atomic mass is 9.92. The smallest absolute Gasteiger partial charge is 0.325 e. The molecule has 43 heavy (non-hydrogen) atoms. The third kappa shape index (κ3) is 5.59. The van der Waals surface area contributed by atoms with Crippen molar-refractivity contribution in [2.45, 2.75) is 39.5 Å². The van der Waals surface area contributed by atoms with Crippen LogP contribution in [0.2, 0.25) is 0 Å². The minimum Gasteiger partial charge on any atom is -0.351 e. The third-order valence-electron chi connectivity index (χ3n) is 7.46. The van der Waals surface area contributed by atoms with Crippen LogP contribution in [0.1, 0.15) is 43.4 Å². The van der Waals surface area contributed by atoms with E-state index in [0.29, 0.717) is 11.5 Å². The van der Waals surface area contributed by atoms with E-state index in [2.05, 4.69) is 48.9 Å². The Balaban J connectivity index is 1.46. The average Bonchev–Trinajstić information content (AvgIpc) is 3.44. The summed E-state index contributed by atoms with van der Waals surface area (Å²) in [5, 5.41) is 6.77. The Morgan fingerprint density at radius 2 is 1.65 bits per heavy atom. The number of rotatable bonds is 6. The zero-order valence-electron chi connectivity index (χ0n) is 24.7. The molecule has 214 valence electrons. The van der Waals surface area contributed by atoms with Crippen LogP contribution < -0.4 is 10.6 Å². The van der Waals surface area contributed by atoms with Crippen molar-refractivity contribution in [3.05, 3.63) is 126 Å². The van der Waals surface area contributed by atoms with Crippen LogP contribution in [0.4, 0.5) is 16.3 Å². The fourth-order valence-electron chi connectivity index (χ4n) is 5.16. The van der Waals surface area contributed by atoms with Gasteiger partial charge < -0.3 is 5.73 Å². The molecule has 0 radical (unpaired) electrons. The maximum Gasteiger partial charge on any atom is 0.325 e. The molecular weight excluding hydrogens is 534 g/mol. The first-order valence-electron chi connectivity index (χ1n) is 14.2. The van der Waals surface area contributed by atoms with Gasteiger partial charge in [0.1, 0.15) is 5.82 Å². The number of urea groups is 1. The van der Waals surface area contributed by atoms with Gasteiger partial charge >= 0.3 is 6.03 Å². The SMILES string of the molecule is Cc1ccc(-n2nc(C(C)(C)C)cc2N(C(N)=O)c2ccc(-c3ccc(Cc4ccncc4)nc3)c3ccccc23)cn1. The highest BCUT2D eigenvalue weighted by molar-refractivity contribution is 6.10. The Bertz CT molecular complexity index is 1910. The number of nitrogens with two attached hydrogens (primary N) is 1. The molecule has 2 N–H and O–H groups in total. The summed E-state index contributed by atoms with van der Waals surface area (Å²) in [6.45, 7) is 8.20. The van der Waals surface area contributed by atoms with Gasteiger partial charge in [0.15, 0.2) is 0 Å². The molecule has 2 amide bonds. The van der Waals surface area contributed by atoms with Gasteiger partial charge in [0.05, 0.1) is 23.3 Å². The van der Waals surface area contributed by atoms with Gasteiger partial charge in [-0.2, -0.15) is 5.10 Å². The summed E-state index contributed by atoms with van der Waals surface area (Å²) in [6, 6.07) is 25.3. The number of anilines is 2. The molecule has 0 saturated carbocycles. The number of carbonyl (C=O) groups excluding carboxylic acids is 1. The fraction of sp³-hybridized carbons (Fsp3) is 0.171. The predicted molar refractivity (Wildman–Crippen MR) is 171 cm³/mol. The van der Waals surface area contributed by atoms with Gasteiger partial charge in [-0.1, -0.05) is 57.2 Å². The van der Waals surface area contributed by atoms with E-state index in [1.807, 2.05) is 73.8 Å². The molecule has 0 aliphatic rings. The molecule has 8 heteroatoms. The number of hydrogen-bond acceptors (Lipinski definition) is 5. The molecular formula is C35H33N7O. The van der Waals surface area contributed by atoms with Crippen molar-refractivity contribution in [2.24, 2.45) is 5.73 Å². The van der Waals surface area contributed by atoms with Gasteiger partial charge in [0.2, 0.25) is 0 Å². The molecule has 4 aromatic heterocycles. The Morgan fingerprint density at radius 3 is 2.30 bits per heavy atom. The van der Waals surface area contributed by atoms with E-state index in [1.165, 1.54) is 4.90 Å². The lowest BCUT2D eigenvalue weighted by Crippen LogP contribution is -2.33. The Labute approximate surface area is 250 Å². The van der Waals surface area contributed by atoms with Crippen LogP contribution >= 0.6 is 0 Å². The first-order valence-corrected chi connectivity index (χ1v) is 14.2. The summed E-state index contributed by atoms with van der Waals surface area (Å²) in [7, 11) is 0. The first kappa shape index (κ1) is 27.8. The van der Waals surface area contributed by atoms with Crippen molar-refractivity contribution in [3.8, 4) is 16.8 Å². The predicted octanol–water partition coefficient (Wildman–Crippen LogP) is 7.29. The molecule has 0 unspecified atom stereocenters. The van der Waals surface area contributed by atoms with E-state index in [0.717, 1.165) is 56.7 Å². The molecule has 0 fully saturated rings. The number of hydrogen-bond donors (Lipinski definition) is 1. The summed E-state index contributed by atoms with van der Waals surface area (Å²) < 4.78 is 1.74. The standard InChI is InChI=1S/C35H33N7O/c1-23-9-12-27(22-38-23)42-33(20-32(40-42)35(2,3)4)41(34(36)43)31-14-13-28(29-7-5-6-8-30(29)31)25-10-11-26(39-21-25)19-24-15-17-37-18-16-24/h5-18,20-22H,19H2,1-4H3,(H2,36,43). The van der Waals surface area contributed by atoms with Crippen LogP contribution in [0, 0.1) is 6.92 Å². The number of carbonyl (C=O) groups is 1. The van der Waals surface area contributed by atoms with E-state index in [-0.39, 0.29) is 5.41 Å². The third-order valence-corrected chi connectivity index (χ3v) is 7.46. The van der Waals surface area contributed by atoms with Crippen molar-refractivity contribution in [1.29, 1.82) is 0 Å². The van der Waals surface area contributed by atoms with Crippen molar-refractivity contribution in [3.63, 3.8) is 0 Å². The average molecular weight is 568 g/mol. The van der Waals surface area contributed by atoms with Crippen molar-refractivity contribution >= 4 is 28.3 Å². The lowest BCUT2D eigenvalue weighted by Gasteiger charge is -2.24. The fourth-order valence-corrected chi connectivity index (χ4v) is 5.16. The molecule has 0 spiro atoms. The van der Waals surface area contributed by atoms with Crippen molar-refractivity contribution < 1.29 is 4.79 Å². The topological polar surface area (TPSA) is 103 Å². The summed E-state index contributed by atoms with van der Waals surface area (Å²) in [5.74, 6) is 0.545. The van der Waals surface area contributed by atoms with Crippen LogP contribution in [0.3, 0.4) is 0 Å². The van der Waals surface area contributed by atoms with Crippen LogP contribution in [0.25, 0.3) is 27.6 Å². The molecule has 6 rings (SSSR count). The minimum absolute atomic E-state index is 0.260. The molecule has 0 aliphatic carbocycles. The molecule has 6 aromatic rings. The van der Waals surface area contributed by atoms with Gasteiger partial charge in [0, 0.05) is 58.8 Å². The van der Waals surface area contributed by atoms with E-state index >= 15 is 0 Å². The second-order valence-electron chi connectivity index (χ2n) is 11.6. The van der Waals surface area contributed by atoms with Crippen LogP contribution in [0.5, 0.6) is 0 Å². The van der Waals surface area contributed by atoms with Gasteiger partial charge in [-0.25, -0.2) is 14.4 Å². The number of benzene rings is 2. The van der Waals surface area contributed by atoms with Crippen molar-refractivity contribution in [2.75, 3.05) is 4.90 Å². The van der Waals surface area contributed by atoms with Crippen LogP contribution in [-0.4, -0.2) is 30.8 Å². The summed E-state index contributed by atoms with van der Waals surface area (Å²) >= 11 is 0. The van der Waals surface area contributed by atoms with E-state index in [4.69, 9.17) is 15.8 Å². The summed E-state index contributed by atoms with van der Waals surface area (Å²) in [4.78, 5) is 28.1. The Kier molecular flexibility index (Phi) is 7.19. The van der Waals surface area contributed by atoms with Gasteiger partial charge in [-0.05, 0) is 59.8 Å². The number of primary amides is 1. The zero-order valence-corrected chi connectivity index (χ0v) is 24.7. The molecule has 0 aliphatic heterocycles.